The number of hydrogen-bond donors (Lipinski definition) is 15. The molecule has 0 aromatic rings. The molecule has 4 aliphatic rings. The number of aliphatic hydroxyl groups is 5. The van der Waals surface area contributed by atoms with Gasteiger partial charge in [0.2, 0.25) is 65.0 Å². The molecule has 83 heavy (non-hydrogen) atoms. The summed E-state index contributed by atoms with van der Waals surface area (Å²) in [5.74, 6) is -10.4. The first-order valence-electron chi connectivity index (χ1n) is 27.2. The van der Waals surface area contributed by atoms with Crippen molar-refractivity contribution in [2.45, 2.75) is 197 Å². The SMILES string of the molecule is CC(=O)N[C@H]1[C@@H](O[C@H]2[C@@H](O)[C@@H](CO)O[C@H](O[C@H](C)[C@H](NC(=O)[C@@H]3CCCN3C(=O)[C@H](C)NC(=O)[C@H](CC(C)C)NC(=O)[C@H](CCC(=O)O)NC(C)=O)C(=O)NCC(=O)N3CCC[C@H]3C(=O)NCC(N)=O)[C@@H]2NC(C)=O)O[C@H](CO)[C@H](O)[C@@H]1O. The fourth-order valence-corrected chi connectivity index (χ4v) is 10.1. The molecule has 17 atom stereocenters. The van der Waals surface area contributed by atoms with E-state index in [1.807, 2.05) is 0 Å². The highest BCUT2D eigenvalue weighted by Gasteiger charge is 2.53. The fraction of sp³-hybridized carbons (Fsp3) is 0.760. The molecule has 33 heteroatoms. The van der Waals surface area contributed by atoms with E-state index in [0.717, 1.165) is 25.7 Å². The van der Waals surface area contributed by atoms with E-state index < -0.39 is 207 Å². The van der Waals surface area contributed by atoms with Gasteiger partial charge in [0.05, 0.1) is 32.4 Å². The summed E-state index contributed by atoms with van der Waals surface area (Å²) in [6.07, 6.45) is -15.5. The molecule has 468 valence electrons. The van der Waals surface area contributed by atoms with Crippen LogP contribution in [-0.2, 0) is 76.5 Å². The first-order chi connectivity index (χ1) is 39.0. The average Bonchev–Trinajstić information content (AvgIpc) is 4.26. The van der Waals surface area contributed by atoms with E-state index in [0.29, 0.717) is 6.42 Å². The second-order valence-electron chi connectivity index (χ2n) is 21.2. The number of likely N-dealkylation sites (tertiary alicyclic amines) is 2. The van der Waals surface area contributed by atoms with Crippen LogP contribution in [0.25, 0.3) is 0 Å². The Bertz CT molecular complexity index is 2350. The molecular weight excluding hydrogens is 1110 g/mol. The molecule has 33 nitrogen and oxygen atoms in total. The van der Waals surface area contributed by atoms with Gasteiger partial charge in [-0.15, -0.1) is 0 Å². The standard InChI is InChI=1S/C50H81N11O22/c1-21(2)16-28(58-43(74)27(55-24(5)64)12-13-35(69)70)44(75)54-22(3)48(79)61-15-9-11-30(61)46(77)59-36(47(78)53-18-34(68)60-14-8-10-29(60)45(76)52-17-33(51)67)23(4)80-50-38(57-26(7)66)42(40(72)32(20-63)82-50)83-49-37(56-25(6)65)41(73)39(71)31(19-62)81-49/h21-23,27-32,36-42,49-50,62-63,71-73H,8-20H2,1-7H3,(H2,51,67)(H,52,76)(H,53,78)(H,54,75)(H,55,64)(H,56,65)(H,57,66)(H,58,74)(H,59,77)(H,69,70)/t22-,23+,27-,28-,29-,30-,31+,32+,36-,37+,38+,39-,40-,41+,42+,49+,50-/m0/s1. The lowest BCUT2D eigenvalue weighted by Crippen LogP contribution is -2.70. The Morgan fingerprint density at radius 2 is 1.20 bits per heavy atom. The van der Waals surface area contributed by atoms with Crippen LogP contribution < -0.4 is 48.3 Å². The summed E-state index contributed by atoms with van der Waals surface area (Å²) in [6.45, 7) is 6.28. The van der Waals surface area contributed by atoms with E-state index in [2.05, 4.69) is 42.5 Å². The Hall–Kier alpha value is -6.72. The van der Waals surface area contributed by atoms with Crippen LogP contribution in [0.3, 0.4) is 0 Å². The van der Waals surface area contributed by atoms with Crippen LogP contribution in [0, 0.1) is 5.92 Å². The summed E-state index contributed by atoms with van der Waals surface area (Å²) < 4.78 is 24.0. The number of nitrogens with two attached hydrogens (primary N) is 1. The van der Waals surface area contributed by atoms with Crippen LogP contribution in [-0.4, -0.2) is 254 Å². The Balaban J connectivity index is 1.65. The van der Waals surface area contributed by atoms with Crippen LogP contribution in [0.5, 0.6) is 0 Å². The van der Waals surface area contributed by atoms with Gasteiger partial charge in [-0.05, 0) is 58.3 Å². The first kappa shape index (κ1) is 68.8. The Morgan fingerprint density at radius 3 is 1.77 bits per heavy atom. The van der Waals surface area contributed by atoms with Gasteiger partial charge in [0.1, 0.15) is 85.0 Å². The normalized spacial score (nSPS) is 27.8. The molecule has 0 aromatic carbocycles. The van der Waals surface area contributed by atoms with Gasteiger partial charge in [0.15, 0.2) is 12.6 Å². The van der Waals surface area contributed by atoms with E-state index >= 15 is 0 Å². The molecule has 0 unspecified atom stereocenters. The molecule has 0 aromatic heterocycles. The Labute approximate surface area is 477 Å². The molecule has 4 heterocycles. The molecule has 16 N–H and O–H groups in total. The number of rotatable bonds is 28. The Kier molecular flexibility index (Phi) is 26.4. The topological polar surface area (TPSA) is 492 Å². The summed E-state index contributed by atoms with van der Waals surface area (Å²) >= 11 is 0. The van der Waals surface area contributed by atoms with Crippen molar-refractivity contribution in [3.63, 3.8) is 0 Å². The van der Waals surface area contributed by atoms with Crippen molar-refractivity contribution < 1.29 is 107 Å². The van der Waals surface area contributed by atoms with Crippen molar-refractivity contribution in [1.29, 1.82) is 0 Å². The van der Waals surface area contributed by atoms with E-state index in [1.165, 1.54) is 18.7 Å². The summed E-state index contributed by atoms with van der Waals surface area (Å²) in [6, 6.07) is -11.4. The lowest BCUT2D eigenvalue weighted by atomic mass is 9.94. The van der Waals surface area contributed by atoms with Crippen molar-refractivity contribution in [2.75, 3.05) is 39.4 Å². The minimum Gasteiger partial charge on any atom is -0.481 e. The number of carboxylic acids is 1. The predicted octanol–water partition coefficient (Wildman–Crippen LogP) is -8.11. The van der Waals surface area contributed by atoms with Crippen LogP contribution >= 0.6 is 0 Å². The maximum Gasteiger partial charge on any atom is 0.303 e. The van der Waals surface area contributed by atoms with Crippen LogP contribution in [0.15, 0.2) is 0 Å². The van der Waals surface area contributed by atoms with Crippen molar-refractivity contribution >= 4 is 70.9 Å². The molecule has 0 spiro atoms. The van der Waals surface area contributed by atoms with Crippen molar-refractivity contribution in [2.24, 2.45) is 11.7 Å². The quantitative estimate of drug-likeness (QED) is 0.0346. The zero-order valence-corrected chi connectivity index (χ0v) is 47.3. The number of carbonyl (C=O) groups excluding carboxylic acids is 11. The summed E-state index contributed by atoms with van der Waals surface area (Å²) in [7, 11) is 0. The molecule has 0 aliphatic carbocycles. The molecule has 4 fully saturated rings. The summed E-state index contributed by atoms with van der Waals surface area (Å²) in [5, 5.41) is 82.5. The predicted molar refractivity (Wildman–Crippen MR) is 280 cm³/mol. The van der Waals surface area contributed by atoms with Gasteiger partial charge in [-0.3, -0.25) is 57.5 Å². The molecule has 11 amide bonds. The maximum absolute atomic E-state index is 14.5. The number of nitrogens with one attached hydrogen (secondary N) is 8. The van der Waals surface area contributed by atoms with E-state index in [4.69, 9.17) is 24.7 Å². The third-order valence-electron chi connectivity index (χ3n) is 14.1. The Morgan fingerprint density at radius 1 is 0.639 bits per heavy atom. The zero-order valence-electron chi connectivity index (χ0n) is 47.3. The second kappa shape index (κ2) is 31.8. The maximum atomic E-state index is 14.5. The zero-order chi connectivity index (χ0) is 62.2. The van der Waals surface area contributed by atoms with Gasteiger partial charge in [-0.2, -0.15) is 0 Å². The molecule has 0 radical (unpaired) electrons. The minimum absolute atomic E-state index is 0.0123. The van der Waals surface area contributed by atoms with Crippen LogP contribution in [0.1, 0.15) is 93.4 Å². The highest BCUT2D eigenvalue weighted by molar-refractivity contribution is 5.97. The number of carbonyl (C=O) groups is 12. The van der Waals surface area contributed by atoms with Gasteiger partial charge in [0, 0.05) is 40.3 Å². The van der Waals surface area contributed by atoms with Crippen molar-refractivity contribution in [3.05, 3.63) is 0 Å². The van der Waals surface area contributed by atoms with Crippen molar-refractivity contribution in [1.82, 2.24) is 52.3 Å². The number of aliphatic hydroxyl groups excluding tert-OH is 5. The first-order valence-corrected chi connectivity index (χ1v) is 27.2. The minimum atomic E-state index is -1.88. The number of aliphatic carboxylic acids is 1. The smallest absolute Gasteiger partial charge is 0.303 e. The third-order valence-corrected chi connectivity index (χ3v) is 14.1. The lowest BCUT2D eigenvalue weighted by Gasteiger charge is -2.48. The number of amides is 11. The lowest BCUT2D eigenvalue weighted by molar-refractivity contribution is -0.332. The average molecular weight is 1190 g/mol. The largest absolute Gasteiger partial charge is 0.481 e. The number of hydrogen-bond acceptors (Lipinski definition) is 21. The van der Waals surface area contributed by atoms with Crippen LogP contribution in [0.4, 0.5) is 0 Å². The highest BCUT2D eigenvalue weighted by Crippen LogP contribution is 2.31. The van der Waals surface area contributed by atoms with Crippen LogP contribution in [0.2, 0.25) is 0 Å². The van der Waals surface area contributed by atoms with Gasteiger partial charge in [-0.1, -0.05) is 13.8 Å². The molecule has 0 saturated carbocycles. The van der Waals surface area contributed by atoms with E-state index in [1.54, 1.807) is 13.8 Å². The van der Waals surface area contributed by atoms with E-state index in [-0.39, 0.29) is 51.1 Å². The fourth-order valence-electron chi connectivity index (χ4n) is 10.1. The van der Waals surface area contributed by atoms with Crippen molar-refractivity contribution in [3.8, 4) is 0 Å². The third kappa shape index (κ3) is 19.4. The second-order valence-corrected chi connectivity index (χ2v) is 21.2. The molecule has 4 aliphatic heterocycles. The number of primary amides is 1. The molecule has 4 rings (SSSR count). The van der Waals surface area contributed by atoms with Gasteiger partial charge >= 0.3 is 5.97 Å². The monoisotopic (exact) mass is 1190 g/mol. The molecule has 0 bridgehead atoms. The summed E-state index contributed by atoms with van der Waals surface area (Å²) in [4.78, 5) is 159. The van der Waals surface area contributed by atoms with Gasteiger partial charge in [-0.25, -0.2) is 0 Å². The number of ether oxygens (including phenoxy) is 4. The summed E-state index contributed by atoms with van der Waals surface area (Å²) in [5.41, 5.74) is 5.17. The number of nitrogens with zero attached hydrogens (tertiary/aromatic N) is 2. The van der Waals surface area contributed by atoms with Gasteiger partial charge < -0.3 is 108 Å². The molecule has 4 saturated heterocycles. The highest BCUT2D eigenvalue weighted by atomic mass is 16.7. The number of carboxylic acid groups (broad SMARTS) is 1. The van der Waals surface area contributed by atoms with E-state index in [9.17, 15) is 88.2 Å². The molecular formula is C50H81N11O22. The van der Waals surface area contributed by atoms with Gasteiger partial charge in [0.25, 0.3) is 0 Å².